The molecule has 74 valence electrons. The molecule has 1 aromatic carbocycles. The van der Waals surface area contributed by atoms with Crippen molar-refractivity contribution in [3.05, 3.63) is 28.3 Å². The maximum atomic E-state index is 5.33. The van der Waals surface area contributed by atoms with Crippen LogP contribution in [0.5, 0.6) is 0 Å². The number of aromatic nitrogens is 2. The molecule has 0 saturated heterocycles. The largest absolute Gasteiger partial charge is 0.320 e. The Bertz CT molecular complexity index is 550. The van der Waals surface area contributed by atoms with E-state index in [2.05, 4.69) is 21.0 Å². The fourth-order valence-electron chi connectivity index (χ4n) is 1.66. The molecule has 2 rings (SSSR count). The standard InChI is InChI=1S/C9H11BrN4/c1-13-7-4-3-6(10)5-8(7)14(2)9(13)12-11/h3-5H,11H2,1-2H3. The minimum Gasteiger partial charge on any atom is -0.320 e. The first-order valence-electron chi connectivity index (χ1n) is 4.20. The Morgan fingerprint density at radius 1 is 1.21 bits per heavy atom. The number of halogens is 1. The van der Waals surface area contributed by atoms with Gasteiger partial charge in [-0.25, -0.2) is 0 Å². The zero-order chi connectivity index (χ0) is 10.3. The highest BCUT2D eigenvalue weighted by Gasteiger charge is 2.05. The van der Waals surface area contributed by atoms with Gasteiger partial charge in [0.05, 0.1) is 11.0 Å². The van der Waals surface area contributed by atoms with Crippen LogP contribution in [0.3, 0.4) is 0 Å². The molecule has 1 heterocycles. The van der Waals surface area contributed by atoms with Gasteiger partial charge in [0, 0.05) is 18.6 Å². The number of fused-ring (bicyclic) bond motifs is 1. The second kappa shape index (κ2) is 3.16. The first kappa shape index (κ1) is 9.33. The van der Waals surface area contributed by atoms with E-state index in [0.717, 1.165) is 21.1 Å². The minimum atomic E-state index is 0.748. The second-order valence-electron chi connectivity index (χ2n) is 3.18. The van der Waals surface area contributed by atoms with Crippen molar-refractivity contribution in [1.29, 1.82) is 0 Å². The summed E-state index contributed by atoms with van der Waals surface area (Å²) < 4.78 is 4.97. The molecule has 0 spiro atoms. The number of nitrogens with two attached hydrogens (primary N) is 1. The van der Waals surface area contributed by atoms with Gasteiger partial charge in [0.15, 0.2) is 0 Å². The van der Waals surface area contributed by atoms with Gasteiger partial charge in [-0.05, 0) is 18.2 Å². The Morgan fingerprint density at radius 3 is 2.50 bits per heavy atom. The topological polar surface area (TPSA) is 48.2 Å². The van der Waals surface area contributed by atoms with Crippen molar-refractivity contribution in [2.75, 3.05) is 0 Å². The minimum absolute atomic E-state index is 0.748. The monoisotopic (exact) mass is 254 g/mol. The maximum absolute atomic E-state index is 5.33. The zero-order valence-corrected chi connectivity index (χ0v) is 9.62. The van der Waals surface area contributed by atoms with Crippen LogP contribution in [0, 0.1) is 0 Å². The highest BCUT2D eigenvalue weighted by atomic mass is 79.9. The molecule has 4 nitrogen and oxygen atoms in total. The highest BCUT2D eigenvalue weighted by molar-refractivity contribution is 9.10. The van der Waals surface area contributed by atoms with Crippen molar-refractivity contribution in [2.24, 2.45) is 25.0 Å². The molecule has 0 fully saturated rings. The number of aryl methyl sites for hydroxylation is 2. The SMILES string of the molecule is Cn1c(=NN)n(C)c2cc(Br)ccc21. The van der Waals surface area contributed by atoms with Crippen LogP contribution in [0.1, 0.15) is 0 Å². The third-order valence-electron chi connectivity index (χ3n) is 2.38. The number of nitrogens with zero attached hydrogens (tertiary/aromatic N) is 3. The van der Waals surface area contributed by atoms with E-state index < -0.39 is 0 Å². The van der Waals surface area contributed by atoms with Crippen LogP contribution in [0.15, 0.2) is 27.8 Å². The van der Waals surface area contributed by atoms with E-state index in [-0.39, 0.29) is 0 Å². The number of hydrogen-bond acceptors (Lipinski definition) is 2. The zero-order valence-electron chi connectivity index (χ0n) is 8.03. The lowest BCUT2D eigenvalue weighted by atomic mass is 10.3. The van der Waals surface area contributed by atoms with E-state index in [1.807, 2.05) is 41.4 Å². The summed E-state index contributed by atoms with van der Waals surface area (Å²) in [5, 5.41) is 3.75. The number of rotatable bonds is 0. The van der Waals surface area contributed by atoms with Gasteiger partial charge in [-0.15, -0.1) is 5.10 Å². The molecule has 0 aliphatic rings. The second-order valence-corrected chi connectivity index (χ2v) is 4.10. The van der Waals surface area contributed by atoms with Crippen LogP contribution >= 0.6 is 15.9 Å². The molecular weight excluding hydrogens is 244 g/mol. The summed E-state index contributed by atoms with van der Waals surface area (Å²) >= 11 is 3.44. The van der Waals surface area contributed by atoms with Crippen LogP contribution in [0.2, 0.25) is 0 Å². The molecule has 0 saturated carbocycles. The van der Waals surface area contributed by atoms with Crippen molar-refractivity contribution in [1.82, 2.24) is 9.13 Å². The predicted molar refractivity (Wildman–Crippen MR) is 59.3 cm³/mol. The average Bonchev–Trinajstić information content (AvgIpc) is 2.39. The molecule has 14 heavy (non-hydrogen) atoms. The molecule has 2 N–H and O–H groups in total. The summed E-state index contributed by atoms with van der Waals surface area (Å²) in [6.07, 6.45) is 0. The van der Waals surface area contributed by atoms with Gasteiger partial charge in [-0.2, -0.15) is 0 Å². The van der Waals surface area contributed by atoms with Gasteiger partial charge in [-0.3, -0.25) is 0 Å². The smallest absolute Gasteiger partial charge is 0.227 e. The molecule has 5 heteroatoms. The summed E-state index contributed by atoms with van der Waals surface area (Å²) in [7, 11) is 3.89. The van der Waals surface area contributed by atoms with Gasteiger partial charge < -0.3 is 15.0 Å². The lowest BCUT2D eigenvalue weighted by Gasteiger charge is -1.94. The van der Waals surface area contributed by atoms with Crippen molar-refractivity contribution in [2.45, 2.75) is 0 Å². The van der Waals surface area contributed by atoms with E-state index in [9.17, 15) is 0 Å². The summed E-state index contributed by atoms with van der Waals surface area (Å²) in [4.78, 5) is 0. The van der Waals surface area contributed by atoms with Crippen molar-refractivity contribution in [3.63, 3.8) is 0 Å². The molecule has 2 aromatic rings. The van der Waals surface area contributed by atoms with Crippen molar-refractivity contribution in [3.8, 4) is 0 Å². The highest BCUT2D eigenvalue weighted by Crippen LogP contribution is 2.17. The van der Waals surface area contributed by atoms with E-state index in [1.54, 1.807) is 0 Å². The molecule has 0 radical (unpaired) electrons. The van der Waals surface area contributed by atoms with Crippen LogP contribution in [0.4, 0.5) is 0 Å². The third kappa shape index (κ3) is 1.16. The molecule has 0 bridgehead atoms. The average molecular weight is 255 g/mol. The summed E-state index contributed by atoms with van der Waals surface area (Å²) in [5.41, 5.74) is 2.96. The first-order valence-corrected chi connectivity index (χ1v) is 4.99. The number of benzene rings is 1. The van der Waals surface area contributed by atoms with Crippen molar-refractivity contribution >= 4 is 27.0 Å². The quantitative estimate of drug-likeness (QED) is 0.555. The lowest BCUT2D eigenvalue weighted by molar-refractivity contribution is 0.743. The molecule has 1 aromatic heterocycles. The number of hydrogen-bond donors (Lipinski definition) is 1. The molecular formula is C9H11BrN4. The molecule has 0 unspecified atom stereocenters. The summed E-state index contributed by atoms with van der Waals surface area (Å²) in [5.74, 6) is 5.33. The summed E-state index contributed by atoms with van der Waals surface area (Å²) in [6.45, 7) is 0. The van der Waals surface area contributed by atoms with Gasteiger partial charge in [0.25, 0.3) is 0 Å². The normalized spacial score (nSPS) is 12.6. The van der Waals surface area contributed by atoms with E-state index in [1.165, 1.54) is 0 Å². The van der Waals surface area contributed by atoms with Crippen molar-refractivity contribution < 1.29 is 0 Å². The molecule has 0 aliphatic carbocycles. The van der Waals surface area contributed by atoms with E-state index in [0.29, 0.717) is 0 Å². The van der Waals surface area contributed by atoms with Gasteiger partial charge in [0.2, 0.25) is 5.62 Å². The van der Waals surface area contributed by atoms with Gasteiger partial charge in [-0.1, -0.05) is 15.9 Å². The van der Waals surface area contributed by atoms with E-state index >= 15 is 0 Å². The Morgan fingerprint density at radius 2 is 1.86 bits per heavy atom. The molecule has 0 aliphatic heterocycles. The van der Waals surface area contributed by atoms with Crippen LogP contribution < -0.4 is 11.5 Å². The lowest BCUT2D eigenvalue weighted by Crippen LogP contribution is -2.23. The molecule has 0 amide bonds. The van der Waals surface area contributed by atoms with Gasteiger partial charge in [0.1, 0.15) is 0 Å². The fraction of sp³-hybridized carbons (Fsp3) is 0.222. The Labute approximate surface area is 89.8 Å². The Kier molecular flexibility index (Phi) is 2.11. The van der Waals surface area contributed by atoms with Crippen LogP contribution in [-0.2, 0) is 14.1 Å². The fourth-order valence-corrected chi connectivity index (χ4v) is 2.01. The first-order chi connectivity index (χ1) is 6.65. The third-order valence-corrected chi connectivity index (χ3v) is 2.87. The maximum Gasteiger partial charge on any atom is 0.227 e. The van der Waals surface area contributed by atoms with Gasteiger partial charge >= 0.3 is 0 Å². The van der Waals surface area contributed by atoms with E-state index in [4.69, 9.17) is 5.84 Å². The molecule has 0 atom stereocenters. The predicted octanol–water partition coefficient (Wildman–Crippen LogP) is 1.05. The number of imidazole rings is 1. The Hall–Kier alpha value is -1.23. The summed E-state index contributed by atoms with van der Waals surface area (Å²) in [6, 6.07) is 6.08. The van der Waals surface area contributed by atoms with Crippen LogP contribution in [0.25, 0.3) is 11.0 Å². The van der Waals surface area contributed by atoms with Crippen LogP contribution in [-0.4, -0.2) is 9.13 Å². The Balaban J connectivity index is 3.02.